The van der Waals surface area contributed by atoms with Gasteiger partial charge in [-0.05, 0) is 12.8 Å². The van der Waals surface area contributed by atoms with E-state index >= 15 is 0 Å². The molecule has 0 rings (SSSR count). The molecule has 0 aliphatic rings. The van der Waals surface area contributed by atoms with Crippen LogP contribution in [0.4, 0.5) is 0 Å². The Hall–Kier alpha value is -1.06. The molecule has 4 nitrogen and oxygen atoms in total. The Labute approximate surface area is 149 Å². The molecule has 0 aromatic rings. The standard InChI is InChI=1S/C20H39NO3/c1-3-5-7-8-9-10-11-12-13-14-15-16-19(22)21-18-20(23)24-17-6-4-2/h3-18H2,1-2H3,(H,21,22). The third kappa shape index (κ3) is 17.3. The Morgan fingerprint density at radius 3 is 1.75 bits per heavy atom. The average Bonchev–Trinajstić information content (AvgIpc) is 2.58. The molecule has 0 unspecified atom stereocenters. The molecule has 0 aromatic carbocycles. The van der Waals surface area contributed by atoms with Crippen molar-refractivity contribution >= 4 is 11.9 Å². The van der Waals surface area contributed by atoms with Gasteiger partial charge in [0, 0.05) is 6.42 Å². The predicted molar refractivity (Wildman–Crippen MR) is 100.0 cm³/mol. The monoisotopic (exact) mass is 341 g/mol. The molecule has 0 atom stereocenters. The number of rotatable bonds is 17. The van der Waals surface area contributed by atoms with E-state index in [2.05, 4.69) is 12.2 Å². The van der Waals surface area contributed by atoms with Gasteiger partial charge in [0.25, 0.3) is 0 Å². The summed E-state index contributed by atoms with van der Waals surface area (Å²) in [4.78, 5) is 23.0. The zero-order valence-electron chi connectivity index (χ0n) is 16.0. The van der Waals surface area contributed by atoms with Crippen LogP contribution in [0.1, 0.15) is 104 Å². The largest absolute Gasteiger partial charge is 0.464 e. The summed E-state index contributed by atoms with van der Waals surface area (Å²) >= 11 is 0. The van der Waals surface area contributed by atoms with E-state index in [0.717, 1.165) is 25.7 Å². The summed E-state index contributed by atoms with van der Waals surface area (Å²) in [5.41, 5.74) is 0. The normalized spacial score (nSPS) is 10.6. The first-order valence-corrected chi connectivity index (χ1v) is 10.1. The maximum Gasteiger partial charge on any atom is 0.325 e. The summed E-state index contributed by atoms with van der Waals surface area (Å²) in [5, 5.41) is 2.63. The summed E-state index contributed by atoms with van der Waals surface area (Å²) in [5.74, 6) is -0.380. The molecule has 1 N–H and O–H groups in total. The predicted octanol–water partition coefficient (Wildman–Crippen LogP) is 5.15. The molecule has 0 saturated carbocycles. The highest BCUT2D eigenvalue weighted by Gasteiger charge is 2.06. The molecular formula is C20H39NO3. The lowest BCUT2D eigenvalue weighted by Gasteiger charge is -2.06. The highest BCUT2D eigenvalue weighted by Crippen LogP contribution is 2.11. The Balaban J connectivity index is 3.27. The molecule has 142 valence electrons. The van der Waals surface area contributed by atoms with Gasteiger partial charge in [-0.25, -0.2) is 0 Å². The molecule has 0 heterocycles. The number of ether oxygens (including phenoxy) is 1. The summed E-state index contributed by atoms with van der Waals surface area (Å²) in [7, 11) is 0. The summed E-state index contributed by atoms with van der Waals surface area (Å²) in [6.45, 7) is 4.74. The number of hydrogen-bond donors (Lipinski definition) is 1. The van der Waals surface area contributed by atoms with E-state index in [1.54, 1.807) is 0 Å². The molecule has 0 aliphatic heterocycles. The van der Waals surface area contributed by atoms with Crippen LogP contribution in [0, 0.1) is 0 Å². The number of hydrogen-bond acceptors (Lipinski definition) is 3. The van der Waals surface area contributed by atoms with Crippen LogP contribution in [0.5, 0.6) is 0 Å². The Morgan fingerprint density at radius 1 is 0.708 bits per heavy atom. The molecule has 4 heteroatoms. The Morgan fingerprint density at radius 2 is 1.21 bits per heavy atom. The number of unbranched alkanes of at least 4 members (excludes halogenated alkanes) is 11. The van der Waals surface area contributed by atoms with Gasteiger partial charge in [-0.2, -0.15) is 0 Å². The van der Waals surface area contributed by atoms with E-state index in [-0.39, 0.29) is 18.4 Å². The van der Waals surface area contributed by atoms with Gasteiger partial charge in [-0.15, -0.1) is 0 Å². The molecule has 0 aromatic heterocycles. The van der Waals surface area contributed by atoms with Gasteiger partial charge in [0.15, 0.2) is 0 Å². The zero-order chi connectivity index (χ0) is 17.9. The molecule has 0 bridgehead atoms. The highest BCUT2D eigenvalue weighted by molar-refractivity contribution is 5.81. The van der Waals surface area contributed by atoms with Crippen molar-refractivity contribution in [1.29, 1.82) is 0 Å². The van der Waals surface area contributed by atoms with Gasteiger partial charge in [0.1, 0.15) is 6.54 Å². The van der Waals surface area contributed by atoms with E-state index in [9.17, 15) is 9.59 Å². The van der Waals surface area contributed by atoms with Crippen LogP contribution in [0.15, 0.2) is 0 Å². The second kappa shape index (κ2) is 18.3. The van der Waals surface area contributed by atoms with E-state index in [1.165, 1.54) is 57.8 Å². The fraction of sp³-hybridized carbons (Fsp3) is 0.900. The van der Waals surface area contributed by atoms with Gasteiger partial charge in [0.2, 0.25) is 5.91 Å². The van der Waals surface area contributed by atoms with Crippen LogP contribution >= 0.6 is 0 Å². The fourth-order valence-corrected chi connectivity index (χ4v) is 2.59. The van der Waals surface area contributed by atoms with Gasteiger partial charge in [-0.3, -0.25) is 9.59 Å². The van der Waals surface area contributed by atoms with Crippen LogP contribution in [-0.2, 0) is 14.3 Å². The number of amides is 1. The van der Waals surface area contributed by atoms with E-state index < -0.39 is 0 Å². The third-order valence-electron chi connectivity index (χ3n) is 4.20. The maximum atomic E-state index is 11.6. The van der Waals surface area contributed by atoms with E-state index in [0.29, 0.717) is 13.0 Å². The molecule has 0 radical (unpaired) electrons. The molecule has 0 saturated heterocycles. The Kier molecular flexibility index (Phi) is 17.5. The molecule has 24 heavy (non-hydrogen) atoms. The quantitative estimate of drug-likeness (QED) is 0.294. The van der Waals surface area contributed by atoms with Crippen LogP contribution in [0.25, 0.3) is 0 Å². The molecule has 0 fully saturated rings. The fourth-order valence-electron chi connectivity index (χ4n) is 2.59. The zero-order valence-corrected chi connectivity index (χ0v) is 16.0. The summed E-state index contributed by atoms with van der Waals surface area (Å²) < 4.78 is 4.99. The van der Waals surface area contributed by atoms with Crippen molar-refractivity contribution in [1.82, 2.24) is 5.32 Å². The SMILES string of the molecule is CCCCCCCCCCCCCC(=O)NCC(=O)OCCCC. The average molecular weight is 342 g/mol. The molecule has 1 amide bonds. The Bertz CT molecular complexity index is 305. The lowest BCUT2D eigenvalue weighted by molar-refractivity contribution is -0.144. The minimum Gasteiger partial charge on any atom is -0.464 e. The lowest BCUT2D eigenvalue weighted by atomic mass is 10.1. The van der Waals surface area contributed by atoms with Crippen molar-refractivity contribution in [2.24, 2.45) is 0 Å². The lowest BCUT2D eigenvalue weighted by Crippen LogP contribution is -2.30. The summed E-state index contributed by atoms with van der Waals surface area (Å²) in [6, 6.07) is 0. The van der Waals surface area contributed by atoms with Crippen molar-refractivity contribution in [3.63, 3.8) is 0 Å². The van der Waals surface area contributed by atoms with Crippen LogP contribution in [0.2, 0.25) is 0 Å². The maximum absolute atomic E-state index is 11.6. The summed E-state index contributed by atoms with van der Waals surface area (Å²) in [6.07, 6.45) is 16.4. The van der Waals surface area contributed by atoms with Gasteiger partial charge >= 0.3 is 5.97 Å². The van der Waals surface area contributed by atoms with Crippen molar-refractivity contribution < 1.29 is 14.3 Å². The van der Waals surface area contributed by atoms with E-state index in [1.807, 2.05) is 6.92 Å². The molecule has 0 spiro atoms. The highest BCUT2D eigenvalue weighted by atomic mass is 16.5. The van der Waals surface area contributed by atoms with Crippen LogP contribution < -0.4 is 5.32 Å². The van der Waals surface area contributed by atoms with Gasteiger partial charge in [-0.1, -0.05) is 84.5 Å². The van der Waals surface area contributed by atoms with Gasteiger partial charge in [0.05, 0.1) is 6.61 Å². The van der Waals surface area contributed by atoms with Gasteiger partial charge < -0.3 is 10.1 Å². The van der Waals surface area contributed by atoms with Crippen molar-refractivity contribution in [3.05, 3.63) is 0 Å². The van der Waals surface area contributed by atoms with Crippen molar-refractivity contribution in [2.75, 3.05) is 13.2 Å². The topological polar surface area (TPSA) is 55.4 Å². The van der Waals surface area contributed by atoms with E-state index in [4.69, 9.17) is 4.74 Å². The number of carbonyl (C=O) groups excluding carboxylic acids is 2. The van der Waals surface area contributed by atoms with Crippen LogP contribution in [-0.4, -0.2) is 25.0 Å². The second-order valence-electron chi connectivity index (χ2n) is 6.64. The minimum atomic E-state index is -0.337. The van der Waals surface area contributed by atoms with Crippen molar-refractivity contribution in [3.8, 4) is 0 Å². The first-order chi connectivity index (χ1) is 11.7. The number of carbonyl (C=O) groups is 2. The van der Waals surface area contributed by atoms with Crippen LogP contribution in [0.3, 0.4) is 0 Å². The smallest absolute Gasteiger partial charge is 0.325 e. The first kappa shape index (κ1) is 22.9. The minimum absolute atomic E-state index is 0.000574. The number of esters is 1. The first-order valence-electron chi connectivity index (χ1n) is 10.1. The molecular weight excluding hydrogens is 302 g/mol. The third-order valence-corrected chi connectivity index (χ3v) is 4.20. The van der Waals surface area contributed by atoms with Crippen molar-refractivity contribution in [2.45, 2.75) is 104 Å². The molecule has 0 aliphatic carbocycles. The second-order valence-corrected chi connectivity index (χ2v) is 6.64. The number of nitrogens with one attached hydrogen (secondary N) is 1.